The van der Waals surface area contributed by atoms with Crippen molar-refractivity contribution in [2.24, 2.45) is 5.92 Å². The van der Waals surface area contributed by atoms with Gasteiger partial charge in [-0.3, -0.25) is 0 Å². The predicted molar refractivity (Wildman–Crippen MR) is 100.0 cm³/mol. The fourth-order valence-corrected chi connectivity index (χ4v) is 3.12. The molecule has 132 valence electrons. The quantitative estimate of drug-likeness (QED) is 0.851. The van der Waals surface area contributed by atoms with E-state index in [9.17, 15) is 4.79 Å². The summed E-state index contributed by atoms with van der Waals surface area (Å²) in [7, 11) is 1.68. The zero-order chi connectivity index (χ0) is 17.5. The monoisotopic (exact) mass is 339 g/mol. The van der Waals surface area contributed by atoms with Crippen LogP contribution in [0.2, 0.25) is 0 Å². The highest BCUT2D eigenvalue weighted by Crippen LogP contribution is 2.26. The summed E-state index contributed by atoms with van der Waals surface area (Å²) < 4.78 is 5.29. The number of amides is 2. The van der Waals surface area contributed by atoms with Crippen LogP contribution in [0.5, 0.6) is 5.75 Å². The Labute approximate surface area is 149 Å². The molecular formula is C20H25N3O2. The van der Waals surface area contributed by atoms with Gasteiger partial charge in [-0.05, 0) is 30.0 Å². The fraction of sp³-hybridized carbons (Fsp3) is 0.350. The molecule has 1 heterocycles. The lowest BCUT2D eigenvalue weighted by Crippen LogP contribution is -2.38. The number of urea groups is 1. The van der Waals surface area contributed by atoms with E-state index in [1.165, 1.54) is 5.69 Å². The van der Waals surface area contributed by atoms with E-state index in [1.807, 2.05) is 42.5 Å². The number of hydrogen-bond acceptors (Lipinski definition) is 3. The summed E-state index contributed by atoms with van der Waals surface area (Å²) in [5.41, 5.74) is 2.28. The maximum Gasteiger partial charge on any atom is 0.315 e. The molecule has 1 aliphatic heterocycles. The number of carbonyl (C=O) groups excluding carboxylic acids is 1. The van der Waals surface area contributed by atoms with Crippen molar-refractivity contribution in [2.45, 2.75) is 13.0 Å². The molecule has 0 spiro atoms. The van der Waals surface area contributed by atoms with Crippen molar-refractivity contribution in [2.75, 3.05) is 31.6 Å². The lowest BCUT2D eigenvalue weighted by Gasteiger charge is -2.19. The summed E-state index contributed by atoms with van der Waals surface area (Å²) in [5.74, 6) is 1.34. The van der Waals surface area contributed by atoms with E-state index >= 15 is 0 Å². The second-order valence-corrected chi connectivity index (χ2v) is 6.35. The van der Waals surface area contributed by atoms with Crippen LogP contribution in [0, 0.1) is 5.92 Å². The molecule has 2 amide bonds. The van der Waals surface area contributed by atoms with Gasteiger partial charge in [-0.1, -0.05) is 36.4 Å². The third-order valence-corrected chi connectivity index (χ3v) is 4.55. The Kier molecular flexibility index (Phi) is 5.77. The summed E-state index contributed by atoms with van der Waals surface area (Å²) in [6.45, 7) is 3.20. The third-order valence-electron chi connectivity index (χ3n) is 4.55. The first-order chi connectivity index (χ1) is 12.2. The van der Waals surface area contributed by atoms with E-state index in [1.54, 1.807) is 7.11 Å². The van der Waals surface area contributed by atoms with Crippen molar-refractivity contribution in [1.82, 2.24) is 10.6 Å². The van der Waals surface area contributed by atoms with E-state index in [4.69, 9.17) is 4.74 Å². The number of carbonyl (C=O) groups is 1. The van der Waals surface area contributed by atoms with E-state index in [2.05, 4.69) is 27.7 Å². The third kappa shape index (κ3) is 4.89. The van der Waals surface area contributed by atoms with Crippen molar-refractivity contribution in [1.29, 1.82) is 0 Å². The minimum Gasteiger partial charge on any atom is -0.497 e. The molecule has 1 saturated heterocycles. The van der Waals surface area contributed by atoms with Crippen LogP contribution in [-0.2, 0) is 6.54 Å². The van der Waals surface area contributed by atoms with Crippen molar-refractivity contribution in [3.8, 4) is 5.75 Å². The average molecular weight is 339 g/mol. The van der Waals surface area contributed by atoms with Crippen molar-refractivity contribution in [3.05, 3.63) is 60.2 Å². The van der Waals surface area contributed by atoms with Crippen LogP contribution < -0.4 is 20.3 Å². The summed E-state index contributed by atoms with van der Waals surface area (Å²) in [6, 6.07) is 17.9. The molecule has 0 bridgehead atoms. The second kappa shape index (κ2) is 8.42. The lowest BCUT2D eigenvalue weighted by molar-refractivity contribution is 0.239. The number of rotatable bonds is 6. The first-order valence-electron chi connectivity index (χ1n) is 8.69. The molecule has 0 unspecified atom stereocenters. The van der Waals surface area contributed by atoms with E-state index in [0.717, 1.165) is 30.8 Å². The van der Waals surface area contributed by atoms with Gasteiger partial charge in [0.05, 0.1) is 7.11 Å². The Balaban J connectivity index is 1.41. The van der Waals surface area contributed by atoms with Gasteiger partial charge >= 0.3 is 6.03 Å². The van der Waals surface area contributed by atoms with Crippen molar-refractivity contribution in [3.63, 3.8) is 0 Å². The molecule has 25 heavy (non-hydrogen) atoms. The number of nitrogens with one attached hydrogen (secondary N) is 2. The summed E-state index contributed by atoms with van der Waals surface area (Å²) in [5, 5.41) is 5.89. The lowest BCUT2D eigenvalue weighted by atomic mass is 10.1. The van der Waals surface area contributed by atoms with Gasteiger partial charge in [0.1, 0.15) is 5.75 Å². The van der Waals surface area contributed by atoms with Crippen LogP contribution in [0.15, 0.2) is 54.6 Å². The average Bonchev–Trinajstić information content (AvgIpc) is 3.15. The van der Waals surface area contributed by atoms with E-state index in [0.29, 0.717) is 19.0 Å². The van der Waals surface area contributed by atoms with Gasteiger partial charge in [0, 0.05) is 37.9 Å². The molecule has 5 nitrogen and oxygen atoms in total. The van der Waals surface area contributed by atoms with Crippen LogP contribution >= 0.6 is 0 Å². The van der Waals surface area contributed by atoms with Gasteiger partial charge in [-0.25, -0.2) is 4.79 Å². The maximum absolute atomic E-state index is 12.0. The van der Waals surface area contributed by atoms with Crippen LogP contribution in [0.3, 0.4) is 0 Å². The van der Waals surface area contributed by atoms with Gasteiger partial charge in [0.2, 0.25) is 0 Å². The molecule has 2 aromatic carbocycles. The highest BCUT2D eigenvalue weighted by atomic mass is 16.5. The Hall–Kier alpha value is -2.69. The molecule has 0 aliphatic carbocycles. The largest absolute Gasteiger partial charge is 0.497 e. The predicted octanol–water partition coefficient (Wildman–Crippen LogP) is 3.02. The van der Waals surface area contributed by atoms with Crippen molar-refractivity contribution >= 4 is 11.7 Å². The first-order valence-corrected chi connectivity index (χ1v) is 8.69. The number of methoxy groups -OCH3 is 1. The fourth-order valence-electron chi connectivity index (χ4n) is 3.12. The summed E-state index contributed by atoms with van der Waals surface area (Å²) in [6.07, 6.45) is 1.08. The summed E-state index contributed by atoms with van der Waals surface area (Å²) in [4.78, 5) is 14.3. The minimum absolute atomic E-state index is 0.108. The van der Waals surface area contributed by atoms with Crippen molar-refractivity contribution < 1.29 is 9.53 Å². The molecule has 2 N–H and O–H groups in total. The molecule has 5 heteroatoms. The molecule has 1 atom stereocenters. The second-order valence-electron chi connectivity index (χ2n) is 6.35. The Morgan fingerprint density at radius 2 is 2.00 bits per heavy atom. The van der Waals surface area contributed by atoms with Gasteiger partial charge in [0.25, 0.3) is 0 Å². The SMILES string of the molecule is COc1cccc(N2CC[C@@H](CNC(=O)NCc3ccccc3)C2)c1. The van der Waals surface area contributed by atoms with Gasteiger partial charge in [-0.2, -0.15) is 0 Å². The van der Waals surface area contributed by atoms with E-state index in [-0.39, 0.29) is 6.03 Å². The van der Waals surface area contributed by atoms with Gasteiger partial charge < -0.3 is 20.3 Å². The van der Waals surface area contributed by atoms with Crippen LogP contribution in [0.4, 0.5) is 10.5 Å². The standard InChI is InChI=1S/C20H25N3O2/c1-25-19-9-5-8-18(12-19)23-11-10-17(15-23)14-22-20(24)21-13-16-6-3-2-4-7-16/h2-9,12,17H,10-11,13-15H2,1H3,(H2,21,22,24)/t17-/m0/s1. The molecule has 2 aromatic rings. The smallest absolute Gasteiger partial charge is 0.315 e. The summed E-state index contributed by atoms with van der Waals surface area (Å²) >= 11 is 0. The molecule has 0 aromatic heterocycles. The molecular weight excluding hydrogens is 314 g/mol. The molecule has 3 rings (SSSR count). The highest BCUT2D eigenvalue weighted by Gasteiger charge is 2.23. The molecule has 1 aliphatic rings. The van der Waals surface area contributed by atoms with Crippen LogP contribution in [0.25, 0.3) is 0 Å². The maximum atomic E-state index is 12.0. The van der Waals surface area contributed by atoms with Gasteiger partial charge in [0.15, 0.2) is 0 Å². The molecule has 0 radical (unpaired) electrons. The van der Waals surface area contributed by atoms with Gasteiger partial charge in [-0.15, -0.1) is 0 Å². The number of benzene rings is 2. The van der Waals surface area contributed by atoms with E-state index < -0.39 is 0 Å². The number of hydrogen-bond donors (Lipinski definition) is 2. The number of nitrogens with zero attached hydrogens (tertiary/aromatic N) is 1. The Bertz CT molecular complexity index is 690. The normalized spacial score (nSPS) is 16.5. The zero-order valence-corrected chi connectivity index (χ0v) is 14.6. The van der Waals surface area contributed by atoms with Crippen LogP contribution in [0.1, 0.15) is 12.0 Å². The Morgan fingerprint density at radius 3 is 2.80 bits per heavy atom. The molecule has 0 saturated carbocycles. The highest BCUT2D eigenvalue weighted by molar-refractivity contribution is 5.73. The molecule has 1 fully saturated rings. The van der Waals surface area contributed by atoms with Crippen LogP contribution in [-0.4, -0.2) is 32.8 Å². The Morgan fingerprint density at radius 1 is 1.16 bits per heavy atom. The first kappa shape index (κ1) is 17.1. The topological polar surface area (TPSA) is 53.6 Å². The minimum atomic E-state index is -0.108. The zero-order valence-electron chi connectivity index (χ0n) is 14.6. The number of anilines is 1. The number of ether oxygens (including phenoxy) is 1.